The van der Waals surface area contributed by atoms with Crippen LogP contribution in [0.2, 0.25) is 0 Å². The van der Waals surface area contributed by atoms with Crippen molar-refractivity contribution in [2.75, 3.05) is 18.2 Å². The molecule has 2 aromatic carbocycles. The van der Waals surface area contributed by atoms with E-state index < -0.39 is 0 Å². The molecule has 0 aliphatic heterocycles. The molecule has 4 heteroatoms. The predicted octanol–water partition coefficient (Wildman–Crippen LogP) is 4.09. The van der Waals surface area contributed by atoms with Crippen molar-refractivity contribution in [3.05, 3.63) is 46.4 Å². The molecular weight excluding hydrogens is 292 g/mol. The van der Waals surface area contributed by atoms with E-state index in [1.165, 1.54) is 0 Å². The van der Waals surface area contributed by atoms with Crippen molar-refractivity contribution in [1.82, 2.24) is 0 Å². The highest BCUT2D eigenvalue weighted by molar-refractivity contribution is 9.10. The zero-order valence-corrected chi connectivity index (χ0v) is 11.9. The summed E-state index contributed by atoms with van der Waals surface area (Å²) in [5.41, 5.74) is 9.68. The lowest BCUT2D eigenvalue weighted by Gasteiger charge is -2.12. The highest BCUT2D eigenvalue weighted by Crippen LogP contribution is 2.30. The molecule has 3 N–H and O–H groups in total. The molecule has 0 saturated heterocycles. The molecule has 0 aromatic heterocycles. The van der Waals surface area contributed by atoms with Crippen LogP contribution in [0, 0.1) is 6.92 Å². The van der Waals surface area contributed by atoms with Gasteiger partial charge in [-0.1, -0.05) is 28.1 Å². The Morgan fingerprint density at radius 3 is 2.72 bits per heavy atom. The first kappa shape index (κ1) is 12.8. The minimum atomic E-state index is 0.761. The molecule has 18 heavy (non-hydrogen) atoms. The highest BCUT2D eigenvalue weighted by atomic mass is 79.9. The summed E-state index contributed by atoms with van der Waals surface area (Å²) in [7, 11) is 1.65. The number of ether oxygens (including phenoxy) is 1. The van der Waals surface area contributed by atoms with E-state index in [0.29, 0.717) is 0 Å². The van der Waals surface area contributed by atoms with Gasteiger partial charge in [-0.3, -0.25) is 0 Å². The molecule has 0 fully saturated rings. The van der Waals surface area contributed by atoms with Gasteiger partial charge in [-0.2, -0.15) is 0 Å². The van der Waals surface area contributed by atoms with Crippen LogP contribution >= 0.6 is 15.9 Å². The Morgan fingerprint density at radius 2 is 2.00 bits per heavy atom. The Labute approximate surface area is 115 Å². The van der Waals surface area contributed by atoms with Crippen LogP contribution in [0.15, 0.2) is 40.9 Å². The van der Waals surface area contributed by atoms with E-state index in [-0.39, 0.29) is 0 Å². The predicted molar refractivity (Wildman–Crippen MR) is 79.6 cm³/mol. The van der Waals surface area contributed by atoms with E-state index in [4.69, 9.17) is 10.5 Å². The third kappa shape index (κ3) is 2.76. The van der Waals surface area contributed by atoms with Gasteiger partial charge < -0.3 is 15.8 Å². The third-order valence-corrected chi connectivity index (χ3v) is 3.17. The maximum Gasteiger partial charge on any atom is 0.122 e. The lowest BCUT2D eigenvalue weighted by molar-refractivity contribution is 0.415. The monoisotopic (exact) mass is 306 g/mol. The van der Waals surface area contributed by atoms with Crippen molar-refractivity contribution in [2.45, 2.75) is 6.92 Å². The molecule has 0 aliphatic carbocycles. The minimum absolute atomic E-state index is 0.761. The molecule has 0 saturated carbocycles. The summed E-state index contributed by atoms with van der Waals surface area (Å²) in [5, 5.41) is 3.29. The standard InChI is InChI=1S/C14H15BrN2O/c1-9-4-3-5-13(14(9)16)17-11-6-10(15)7-12(8-11)18-2/h3-8,17H,16H2,1-2H3. The molecular formula is C14H15BrN2O. The summed E-state index contributed by atoms with van der Waals surface area (Å²) in [5.74, 6) is 0.790. The Kier molecular flexibility index (Phi) is 3.77. The number of anilines is 3. The lowest BCUT2D eigenvalue weighted by Crippen LogP contribution is -1.98. The number of halogens is 1. The first-order valence-electron chi connectivity index (χ1n) is 5.57. The van der Waals surface area contributed by atoms with Crippen molar-refractivity contribution < 1.29 is 4.74 Å². The van der Waals surface area contributed by atoms with E-state index in [0.717, 1.165) is 32.8 Å². The van der Waals surface area contributed by atoms with E-state index in [1.54, 1.807) is 7.11 Å². The van der Waals surface area contributed by atoms with E-state index in [9.17, 15) is 0 Å². The fourth-order valence-corrected chi connectivity index (χ4v) is 2.17. The summed E-state index contributed by atoms with van der Waals surface area (Å²) in [6.45, 7) is 1.99. The van der Waals surface area contributed by atoms with Crippen LogP contribution in [0.4, 0.5) is 17.1 Å². The molecule has 0 heterocycles. The lowest BCUT2D eigenvalue weighted by atomic mass is 10.1. The summed E-state index contributed by atoms with van der Waals surface area (Å²) in [6.07, 6.45) is 0. The number of nitrogen functional groups attached to an aromatic ring is 1. The first-order valence-corrected chi connectivity index (χ1v) is 6.36. The SMILES string of the molecule is COc1cc(Br)cc(Nc2cccc(C)c2N)c1. The van der Waals surface area contributed by atoms with Crippen molar-refractivity contribution >= 4 is 33.0 Å². The maximum absolute atomic E-state index is 6.03. The second-order valence-electron chi connectivity index (χ2n) is 4.04. The Balaban J connectivity index is 2.34. The average Bonchev–Trinajstić information content (AvgIpc) is 2.34. The highest BCUT2D eigenvalue weighted by Gasteiger charge is 2.04. The Morgan fingerprint density at radius 1 is 1.22 bits per heavy atom. The molecule has 0 aliphatic rings. The molecule has 94 valence electrons. The number of aryl methyl sites for hydroxylation is 1. The maximum atomic E-state index is 6.03. The van der Waals surface area contributed by atoms with Crippen LogP contribution in [0.25, 0.3) is 0 Å². The van der Waals surface area contributed by atoms with Crippen molar-refractivity contribution in [1.29, 1.82) is 0 Å². The normalized spacial score (nSPS) is 10.2. The van der Waals surface area contributed by atoms with Gasteiger partial charge in [0.05, 0.1) is 18.5 Å². The fourth-order valence-electron chi connectivity index (χ4n) is 1.70. The van der Waals surface area contributed by atoms with Crippen LogP contribution in [-0.2, 0) is 0 Å². The zero-order chi connectivity index (χ0) is 13.1. The van der Waals surface area contributed by atoms with Gasteiger partial charge in [0.25, 0.3) is 0 Å². The number of hydrogen-bond donors (Lipinski definition) is 2. The number of para-hydroxylation sites is 1. The quantitative estimate of drug-likeness (QED) is 0.840. The molecule has 3 nitrogen and oxygen atoms in total. The Bertz CT molecular complexity index is 570. The van der Waals surface area contributed by atoms with Gasteiger partial charge in [-0.15, -0.1) is 0 Å². The minimum Gasteiger partial charge on any atom is -0.497 e. The second-order valence-corrected chi connectivity index (χ2v) is 4.96. The van der Waals surface area contributed by atoms with Crippen molar-refractivity contribution in [2.24, 2.45) is 0 Å². The fraction of sp³-hybridized carbons (Fsp3) is 0.143. The van der Waals surface area contributed by atoms with Gasteiger partial charge >= 0.3 is 0 Å². The average molecular weight is 307 g/mol. The molecule has 0 bridgehead atoms. The summed E-state index contributed by atoms with van der Waals surface area (Å²) >= 11 is 3.45. The molecule has 0 spiro atoms. The van der Waals surface area contributed by atoms with Crippen LogP contribution < -0.4 is 15.8 Å². The van der Waals surface area contributed by atoms with Gasteiger partial charge in [0, 0.05) is 16.2 Å². The van der Waals surface area contributed by atoms with Crippen LogP contribution in [0.3, 0.4) is 0 Å². The number of nitrogens with two attached hydrogens (primary N) is 1. The van der Waals surface area contributed by atoms with Crippen LogP contribution in [0.1, 0.15) is 5.56 Å². The van der Waals surface area contributed by atoms with Gasteiger partial charge in [0.2, 0.25) is 0 Å². The number of rotatable bonds is 3. The summed E-state index contributed by atoms with van der Waals surface area (Å²) in [6, 6.07) is 11.7. The molecule has 0 amide bonds. The van der Waals surface area contributed by atoms with Gasteiger partial charge in [-0.05, 0) is 30.7 Å². The second kappa shape index (κ2) is 5.31. The number of benzene rings is 2. The van der Waals surface area contributed by atoms with Crippen LogP contribution in [-0.4, -0.2) is 7.11 Å². The summed E-state index contributed by atoms with van der Waals surface area (Å²) in [4.78, 5) is 0. The number of nitrogens with one attached hydrogen (secondary N) is 1. The largest absolute Gasteiger partial charge is 0.497 e. The summed E-state index contributed by atoms with van der Waals surface area (Å²) < 4.78 is 6.18. The van der Waals surface area contributed by atoms with Crippen LogP contribution in [0.5, 0.6) is 5.75 Å². The van der Waals surface area contributed by atoms with E-state index in [2.05, 4.69) is 21.2 Å². The molecule has 2 aromatic rings. The van der Waals surface area contributed by atoms with Gasteiger partial charge in [-0.25, -0.2) is 0 Å². The van der Waals surface area contributed by atoms with Gasteiger partial charge in [0.15, 0.2) is 0 Å². The van der Waals surface area contributed by atoms with Crippen molar-refractivity contribution in [3.63, 3.8) is 0 Å². The molecule has 2 rings (SSSR count). The molecule has 0 unspecified atom stereocenters. The van der Waals surface area contributed by atoms with Crippen molar-refractivity contribution in [3.8, 4) is 5.75 Å². The smallest absolute Gasteiger partial charge is 0.122 e. The Hall–Kier alpha value is -1.68. The van der Waals surface area contributed by atoms with Gasteiger partial charge in [0.1, 0.15) is 5.75 Å². The van der Waals surface area contributed by atoms with E-state index in [1.807, 2.05) is 43.3 Å². The van der Waals surface area contributed by atoms with E-state index >= 15 is 0 Å². The molecule has 0 atom stereocenters. The number of hydrogen-bond acceptors (Lipinski definition) is 3. The zero-order valence-electron chi connectivity index (χ0n) is 10.3. The molecule has 0 radical (unpaired) electrons. The first-order chi connectivity index (χ1) is 8.60. The number of methoxy groups -OCH3 is 1. The third-order valence-electron chi connectivity index (χ3n) is 2.71. The topological polar surface area (TPSA) is 47.3 Å².